The Morgan fingerprint density at radius 2 is 2.37 bits per heavy atom. The molecule has 8 heteroatoms. The normalized spacial score (nSPS) is 20.6. The highest BCUT2D eigenvalue weighted by atomic mass is 32.2. The maximum Gasteiger partial charge on any atom is 0.254 e. The monoisotopic (exact) mass is 303 g/mol. The van der Waals surface area contributed by atoms with Crippen LogP contribution < -0.4 is 5.32 Å². The molecule has 0 radical (unpaired) electrons. The highest BCUT2D eigenvalue weighted by Gasteiger charge is 2.31. The van der Waals surface area contributed by atoms with E-state index >= 15 is 0 Å². The first-order valence-electron chi connectivity index (χ1n) is 6.05. The van der Waals surface area contributed by atoms with Crippen LogP contribution in [0.1, 0.15) is 28.9 Å². The Labute approximate surface area is 117 Å². The molecule has 2 rings (SSSR count). The van der Waals surface area contributed by atoms with Crippen molar-refractivity contribution in [1.82, 2.24) is 14.0 Å². The minimum atomic E-state index is -3.19. The standard InChI is InChI=1S/C11H17N3O3S2/c1-8-10(7-18-13-8)11(15)12-6-9-4-3-5-14(9)19(2,16)17/h7,9H,3-6H2,1-2H3,(H,12,15)/t9-/m1/s1. The van der Waals surface area contributed by atoms with Gasteiger partial charge in [0.25, 0.3) is 5.91 Å². The fraction of sp³-hybridized carbons (Fsp3) is 0.636. The molecule has 0 aliphatic carbocycles. The van der Waals surface area contributed by atoms with Gasteiger partial charge in [-0.2, -0.15) is 8.68 Å². The van der Waals surface area contributed by atoms with Gasteiger partial charge >= 0.3 is 0 Å². The fourth-order valence-electron chi connectivity index (χ4n) is 2.27. The van der Waals surface area contributed by atoms with E-state index in [2.05, 4.69) is 9.69 Å². The van der Waals surface area contributed by atoms with Crippen LogP contribution in [0.5, 0.6) is 0 Å². The molecule has 1 atom stereocenters. The average Bonchev–Trinajstić information content (AvgIpc) is 2.93. The van der Waals surface area contributed by atoms with Crippen molar-refractivity contribution in [3.63, 3.8) is 0 Å². The van der Waals surface area contributed by atoms with E-state index in [1.165, 1.54) is 22.1 Å². The van der Waals surface area contributed by atoms with Crippen molar-refractivity contribution >= 4 is 27.5 Å². The highest BCUT2D eigenvalue weighted by Crippen LogP contribution is 2.19. The third-order valence-electron chi connectivity index (χ3n) is 3.24. The molecular weight excluding hydrogens is 286 g/mol. The third kappa shape index (κ3) is 3.31. The number of sulfonamides is 1. The van der Waals surface area contributed by atoms with E-state index in [1.807, 2.05) is 0 Å². The number of nitrogens with one attached hydrogen (secondary N) is 1. The Bertz CT molecular complexity index is 567. The quantitative estimate of drug-likeness (QED) is 0.883. The predicted molar refractivity (Wildman–Crippen MR) is 73.8 cm³/mol. The van der Waals surface area contributed by atoms with Crippen molar-refractivity contribution < 1.29 is 13.2 Å². The van der Waals surface area contributed by atoms with Gasteiger partial charge in [0.15, 0.2) is 0 Å². The molecular formula is C11H17N3O3S2. The first-order chi connectivity index (χ1) is 8.89. The molecule has 6 nitrogen and oxygen atoms in total. The summed E-state index contributed by atoms with van der Waals surface area (Å²) in [5.41, 5.74) is 1.27. The third-order valence-corrected chi connectivity index (χ3v) is 5.30. The van der Waals surface area contributed by atoms with Gasteiger partial charge in [0.05, 0.1) is 17.5 Å². The molecule has 1 aromatic heterocycles. The summed E-state index contributed by atoms with van der Waals surface area (Å²) in [5.74, 6) is -0.188. The van der Waals surface area contributed by atoms with Gasteiger partial charge in [-0.05, 0) is 31.3 Å². The number of amides is 1. The molecule has 1 aromatic rings. The second-order valence-corrected chi connectivity index (χ2v) is 7.26. The van der Waals surface area contributed by atoms with Gasteiger partial charge in [-0.15, -0.1) is 0 Å². The lowest BCUT2D eigenvalue weighted by atomic mass is 10.2. The average molecular weight is 303 g/mol. The zero-order chi connectivity index (χ0) is 14.0. The molecule has 0 bridgehead atoms. The Morgan fingerprint density at radius 1 is 1.63 bits per heavy atom. The molecule has 1 aliphatic rings. The fourth-order valence-corrected chi connectivity index (χ4v) is 4.14. The van der Waals surface area contributed by atoms with Gasteiger partial charge < -0.3 is 5.32 Å². The molecule has 1 fully saturated rings. The van der Waals surface area contributed by atoms with Crippen molar-refractivity contribution in [3.05, 3.63) is 16.6 Å². The van der Waals surface area contributed by atoms with Crippen LogP contribution >= 0.6 is 11.5 Å². The van der Waals surface area contributed by atoms with Gasteiger partial charge in [0.2, 0.25) is 10.0 Å². The zero-order valence-corrected chi connectivity index (χ0v) is 12.6. The summed E-state index contributed by atoms with van der Waals surface area (Å²) < 4.78 is 28.7. The predicted octanol–water partition coefficient (Wildman–Crippen LogP) is 0.605. The summed E-state index contributed by atoms with van der Waals surface area (Å²) in [6, 6.07) is -0.133. The van der Waals surface area contributed by atoms with E-state index in [4.69, 9.17) is 0 Å². The summed E-state index contributed by atoms with van der Waals surface area (Å²) >= 11 is 1.24. The minimum absolute atomic E-state index is 0.133. The van der Waals surface area contributed by atoms with Crippen LogP contribution in [0.25, 0.3) is 0 Å². The second-order valence-electron chi connectivity index (χ2n) is 4.69. The maximum atomic E-state index is 11.9. The van der Waals surface area contributed by atoms with Crippen molar-refractivity contribution in [2.24, 2.45) is 0 Å². The first-order valence-corrected chi connectivity index (χ1v) is 8.74. The largest absolute Gasteiger partial charge is 0.350 e. The number of rotatable bonds is 4. The lowest BCUT2D eigenvalue weighted by Gasteiger charge is -2.22. The lowest BCUT2D eigenvalue weighted by molar-refractivity contribution is 0.0946. The molecule has 1 aliphatic heterocycles. The molecule has 106 valence electrons. The van der Waals surface area contributed by atoms with Gasteiger partial charge in [-0.3, -0.25) is 4.79 Å². The van der Waals surface area contributed by atoms with Gasteiger partial charge in [-0.25, -0.2) is 8.42 Å². The number of aromatic nitrogens is 1. The van der Waals surface area contributed by atoms with E-state index in [1.54, 1.807) is 12.3 Å². The Morgan fingerprint density at radius 3 is 2.95 bits per heavy atom. The molecule has 0 saturated carbocycles. The summed E-state index contributed by atoms with van der Waals surface area (Å²) in [5, 5.41) is 4.49. The molecule has 0 unspecified atom stereocenters. The summed E-state index contributed by atoms with van der Waals surface area (Å²) in [4.78, 5) is 11.9. The Balaban J connectivity index is 1.96. The zero-order valence-electron chi connectivity index (χ0n) is 10.9. The maximum absolute atomic E-state index is 11.9. The van der Waals surface area contributed by atoms with Crippen molar-refractivity contribution in [2.45, 2.75) is 25.8 Å². The van der Waals surface area contributed by atoms with E-state index in [0.717, 1.165) is 12.8 Å². The molecule has 1 saturated heterocycles. The topological polar surface area (TPSA) is 79.4 Å². The SMILES string of the molecule is Cc1nscc1C(=O)NC[C@H]1CCCN1S(C)(=O)=O. The van der Waals surface area contributed by atoms with Crippen LogP contribution in [0, 0.1) is 6.92 Å². The van der Waals surface area contributed by atoms with Gasteiger partial charge in [0, 0.05) is 24.5 Å². The van der Waals surface area contributed by atoms with Crippen LogP contribution in [0.2, 0.25) is 0 Å². The first kappa shape index (κ1) is 14.4. The molecule has 0 aromatic carbocycles. The Kier molecular flexibility index (Phi) is 4.22. The van der Waals surface area contributed by atoms with Crippen molar-refractivity contribution in [3.8, 4) is 0 Å². The number of aryl methyl sites for hydroxylation is 1. The van der Waals surface area contributed by atoms with Crippen LogP contribution in [-0.4, -0.2) is 48.4 Å². The second kappa shape index (κ2) is 5.56. The summed E-state index contributed by atoms with van der Waals surface area (Å²) in [6.45, 7) is 2.67. The molecule has 1 amide bonds. The Hall–Kier alpha value is -0.990. The van der Waals surface area contributed by atoms with Gasteiger partial charge in [-0.1, -0.05) is 0 Å². The van der Waals surface area contributed by atoms with Crippen molar-refractivity contribution in [1.29, 1.82) is 0 Å². The number of carbonyl (C=O) groups is 1. The number of hydrogen-bond donors (Lipinski definition) is 1. The summed E-state index contributed by atoms with van der Waals surface area (Å²) in [7, 11) is -3.19. The van der Waals surface area contributed by atoms with Crippen LogP contribution in [-0.2, 0) is 10.0 Å². The van der Waals surface area contributed by atoms with Crippen molar-refractivity contribution in [2.75, 3.05) is 19.3 Å². The number of nitrogens with zero attached hydrogens (tertiary/aromatic N) is 2. The highest BCUT2D eigenvalue weighted by molar-refractivity contribution is 7.88. The van der Waals surface area contributed by atoms with E-state index < -0.39 is 10.0 Å². The van der Waals surface area contributed by atoms with E-state index in [9.17, 15) is 13.2 Å². The summed E-state index contributed by atoms with van der Waals surface area (Å²) in [6.07, 6.45) is 2.83. The van der Waals surface area contributed by atoms with Crippen LogP contribution in [0.3, 0.4) is 0 Å². The molecule has 1 N–H and O–H groups in total. The number of hydrogen-bond acceptors (Lipinski definition) is 5. The van der Waals surface area contributed by atoms with E-state index in [-0.39, 0.29) is 11.9 Å². The minimum Gasteiger partial charge on any atom is -0.350 e. The molecule has 0 spiro atoms. The van der Waals surface area contributed by atoms with E-state index in [0.29, 0.717) is 24.3 Å². The smallest absolute Gasteiger partial charge is 0.254 e. The van der Waals surface area contributed by atoms with Crippen LogP contribution in [0.4, 0.5) is 0 Å². The van der Waals surface area contributed by atoms with Gasteiger partial charge in [0.1, 0.15) is 0 Å². The molecule has 19 heavy (non-hydrogen) atoms. The van der Waals surface area contributed by atoms with Crippen LogP contribution in [0.15, 0.2) is 5.38 Å². The number of carbonyl (C=O) groups excluding carboxylic acids is 1. The molecule has 2 heterocycles. The lowest BCUT2D eigenvalue weighted by Crippen LogP contribution is -2.42.